The van der Waals surface area contributed by atoms with Crippen molar-refractivity contribution in [3.63, 3.8) is 0 Å². The number of anilines is 2. The first-order chi connectivity index (χ1) is 10.0. The lowest BCUT2D eigenvalue weighted by Gasteiger charge is -2.46. The molecule has 0 unspecified atom stereocenters. The second-order valence-corrected chi connectivity index (χ2v) is 6.19. The zero-order valence-electron chi connectivity index (χ0n) is 12.8. The van der Waals surface area contributed by atoms with Gasteiger partial charge in [0.05, 0.1) is 5.52 Å². The number of nitrogens with one attached hydrogen (secondary N) is 1. The zero-order valence-corrected chi connectivity index (χ0v) is 12.8. The summed E-state index contributed by atoms with van der Waals surface area (Å²) in [5, 5.41) is 1.07. The van der Waals surface area contributed by atoms with E-state index in [4.69, 9.17) is 5.84 Å². The largest absolute Gasteiger partial charge is 0.353 e. The Balaban J connectivity index is 2.07. The average Bonchev–Trinajstić information content (AvgIpc) is 2.48. The van der Waals surface area contributed by atoms with Crippen LogP contribution in [-0.4, -0.2) is 47.1 Å². The van der Waals surface area contributed by atoms with Crippen LogP contribution in [0, 0.1) is 0 Å². The number of hydrogen-bond donors (Lipinski definition) is 2. The monoisotopic (exact) mass is 286 g/mol. The summed E-state index contributed by atoms with van der Waals surface area (Å²) in [6.45, 7) is 7.39. The first kappa shape index (κ1) is 14.0. The molecule has 2 heterocycles. The van der Waals surface area contributed by atoms with E-state index >= 15 is 0 Å². The van der Waals surface area contributed by atoms with Crippen molar-refractivity contribution in [1.82, 2.24) is 14.9 Å². The van der Waals surface area contributed by atoms with Crippen LogP contribution in [0.3, 0.4) is 0 Å². The molecule has 6 heteroatoms. The maximum Gasteiger partial charge on any atom is 0.239 e. The maximum absolute atomic E-state index is 5.51. The molecule has 0 spiro atoms. The minimum absolute atomic E-state index is 0.112. The first-order valence-electron chi connectivity index (χ1n) is 7.21. The first-order valence-corrected chi connectivity index (χ1v) is 7.21. The van der Waals surface area contributed by atoms with Crippen molar-refractivity contribution >= 4 is 22.7 Å². The minimum atomic E-state index is 0.112. The van der Waals surface area contributed by atoms with Crippen molar-refractivity contribution in [1.29, 1.82) is 0 Å². The number of hydrazine groups is 1. The third-order valence-electron chi connectivity index (χ3n) is 4.33. The van der Waals surface area contributed by atoms with E-state index in [-0.39, 0.29) is 5.54 Å². The van der Waals surface area contributed by atoms with Crippen LogP contribution in [0.1, 0.15) is 13.8 Å². The average molecular weight is 286 g/mol. The fourth-order valence-corrected chi connectivity index (χ4v) is 2.79. The highest BCUT2D eigenvalue weighted by Gasteiger charge is 2.32. The summed E-state index contributed by atoms with van der Waals surface area (Å²) in [5.74, 6) is 6.93. The lowest BCUT2D eigenvalue weighted by atomic mass is 9.99. The van der Waals surface area contributed by atoms with Gasteiger partial charge in [0.15, 0.2) is 0 Å². The maximum atomic E-state index is 5.51. The molecule has 0 radical (unpaired) electrons. The molecule has 21 heavy (non-hydrogen) atoms. The van der Waals surface area contributed by atoms with Crippen LogP contribution in [0.25, 0.3) is 10.9 Å². The Kier molecular flexibility index (Phi) is 3.43. The molecule has 3 N–H and O–H groups in total. The number of para-hydroxylation sites is 1. The number of aromatic nitrogens is 2. The Bertz CT molecular complexity index is 654. The topological polar surface area (TPSA) is 70.3 Å². The van der Waals surface area contributed by atoms with Gasteiger partial charge in [0.2, 0.25) is 5.95 Å². The molecule has 0 aliphatic carbocycles. The second-order valence-electron chi connectivity index (χ2n) is 6.19. The Hall–Kier alpha value is -1.92. The summed E-state index contributed by atoms with van der Waals surface area (Å²) >= 11 is 0. The van der Waals surface area contributed by atoms with Crippen molar-refractivity contribution in [3.05, 3.63) is 24.3 Å². The molecule has 1 aliphatic heterocycles. The van der Waals surface area contributed by atoms with Crippen molar-refractivity contribution in [3.8, 4) is 0 Å². The fourth-order valence-electron chi connectivity index (χ4n) is 2.79. The van der Waals surface area contributed by atoms with Gasteiger partial charge in [0.1, 0.15) is 5.82 Å². The smallest absolute Gasteiger partial charge is 0.239 e. The molecule has 0 saturated carbocycles. The van der Waals surface area contributed by atoms with Crippen LogP contribution >= 0.6 is 0 Å². The molecular formula is C15H22N6. The molecule has 6 nitrogen and oxygen atoms in total. The van der Waals surface area contributed by atoms with E-state index in [1.165, 1.54) is 0 Å². The summed E-state index contributed by atoms with van der Waals surface area (Å²) in [7, 11) is 2.17. The van der Waals surface area contributed by atoms with E-state index in [2.05, 4.69) is 52.2 Å². The Labute approximate surface area is 124 Å². The summed E-state index contributed by atoms with van der Waals surface area (Å²) < 4.78 is 0. The highest BCUT2D eigenvalue weighted by Crippen LogP contribution is 2.29. The normalized spacial score (nSPS) is 19.0. The van der Waals surface area contributed by atoms with E-state index < -0.39 is 0 Å². The van der Waals surface area contributed by atoms with Gasteiger partial charge in [0.25, 0.3) is 0 Å². The number of rotatable bonds is 2. The van der Waals surface area contributed by atoms with Gasteiger partial charge in [-0.25, -0.2) is 10.8 Å². The van der Waals surface area contributed by atoms with Gasteiger partial charge in [-0.05, 0) is 33.0 Å². The molecule has 112 valence electrons. The number of benzene rings is 1. The van der Waals surface area contributed by atoms with Crippen LogP contribution < -0.4 is 16.2 Å². The predicted molar refractivity (Wildman–Crippen MR) is 86.3 cm³/mol. The van der Waals surface area contributed by atoms with E-state index in [1.54, 1.807) is 0 Å². The van der Waals surface area contributed by atoms with Gasteiger partial charge in [-0.1, -0.05) is 12.1 Å². The third-order valence-corrected chi connectivity index (χ3v) is 4.33. The summed E-state index contributed by atoms with van der Waals surface area (Å²) in [6.07, 6.45) is 0. The van der Waals surface area contributed by atoms with Crippen LogP contribution in [0.15, 0.2) is 24.3 Å². The number of piperazine rings is 1. The van der Waals surface area contributed by atoms with Gasteiger partial charge in [-0.15, -0.1) is 0 Å². The predicted octanol–water partition coefficient (Wildman–Crippen LogP) is 1.45. The number of hydrogen-bond acceptors (Lipinski definition) is 6. The highest BCUT2D eigenvalue weighted by molar-refractivity contribution is 5.90. The Morgan fingerprint density at radius 2 is 1.95 bits per heavy atom. The molecule has 1 fully saturated rings. The van der Waals surface area contributed by atoms with Crippen molar-refractivity contribution in [2.75, 3.05) is 37.0 Å². The van der Waals surface area contributed by atoms with Crippen molar-refractivity contribution in [2.24, 2.45) is 5.84 Å². The Morgan fingerprint density at radius 3 is 2.67 bits per heavy atom. The van der Waals surface area contributed by atoms with Crippen molar-refractivity contribution in [2.45, 2.75) is 19.4 Å². The van der Waals surface area contributed by atoms with E-state index in [9.17, 15) is 0 Å². The van der Waals surface area contributed by atoms with Crippen LogP contribution in [0.5, 0.6) is 0 Å². The summed E-state index contributed by atoms with van der Waals surface area (Å²) in [6, 6.07) is 8.05. The molecule has 0 amide bonds. The molecule has 1 saturated heterocycles. The van der Waals surface area contributed by atoms with Gasteiger partial charge in [-0.2, -0.15) is 4.98 Å². The number of nitrogens with two attached hydrogens (primary N) is 1. The van der Waals surface area contributed by atoms with Gasteiger partial charge < -0.3 is 4.90 Å². The number of fused-ring (bicyclic) bond motifs is 1. The SMILES string of the molecule is CN1CCN(c2nc(NN)nc3ccccc23)CC1(C)C. The van der Waals surface area contributed by atoms with Gasteiger partial charge in [-0.3, -0.25) is 10.3 Å². The number of nitrogens with zero attached hydrogens (tertiary/aromatic N) is 4. The van der Waals surface area contributed by atoms with Crippen LogP contribution in [0.2, 0.25) is 0 Å². The lowest BCUT2D eigenvalue weighted by molar-refractivity contribution is 0.138. The van der Waals surface area contributed by atoms with Crippen LogP contribution in [-0.2, 0) is 0 Å². The van der Waals surface area contributed by atoms with Gasteiger partial charge in [0, 0.05) is 30.6 Å². The van der Waals surface area contributed by atoms with Crippen LogP contribution in [0.4, 0.5) is 11.8 Å². The molecule has 2 aromatic rings. The van der Waals surface area contributed by atoms with Crippen molar-refractivity contribution < 1.29 is 0 Å². The standard InChI is InChI=1S/C15H22N6/c1-15(2)10-21(9-8-20(15)3)13-11-6-4-5-7-12(11)17-14(18-13)19-16/h4-7H,8-10,16H2,1-3H3,(H,17,18,19). The molecule has 3 rings (SSSR count). The number of nitrogen functional groups attached to an aromatic ring is 1. The summed E-state index contributed by atoms with van der Waals surface area (Å²) in [4.78, 5) is 13.7. The highest BCUT2D eigenvalue weighted by atomic mass is 15.4. The minimum Gasteiger partial charge on any atom is -0.353 e. The van der Waals surface area contributed by atoms with Gasteiger partial charge >= 0.3 is 0 Å². The van der Waals surface area contributed by atoms with E-state index in [0.29, 0.717) is 5.95 Å². The van der Waals surface area contributed by atoms with E-state index in [0.717, 1.165) is 36.4 Å². The molecule has 1 aromatic heterocycles. The summed E-state index contributed by atoms with van der Waals surface area (Å²) in [5.41, 5.74) is 3.59. The number of likely N-dealkylation sites (N-methyl/N-ethyl adjacent to an activating group) is 1. The third kappa shape index (κ3) is 2.52. The quantitative estimate of drug-likeness (QED) is 0.643. The zero-order chi connectivity index (χ0) is 15.0. The fraction of sp³-hybridized carbons (Fsp3) is 0.467. The molecular weight excluding hydrogens is 264 g/mol. The molecule has 1 aromatic carbocycles. The van der Waals surface area contributed by atoms with E-state index in [1.807, 2.05) is 18.2 Å². The molecule has 0 bridgehead atoms. The molecule has 1 aliphatic rings. The Morgan fingerprint density at radius 1 is 1.19 bits per heavy atom. The lowest BCUT2D eigenvalue weighted by Crippen LogP contribution is -2.58. The molecule has 0 atom stereocenters. The second kappa shape index (κ2) is 5.13.